The monoisotopic (exact) mass is 369 g/mol. The van der Waals surface area contributed by atoms with Gasteiger partial charge in [-0.15, -0.1) is 0 Å². The molecule has 1 saturated heterocycles. The lowest BCUT2D eigenvalue weighted by Gasteiger charge is -2.32. The Morgan fingerprint density at radius 3 is 2.58 bits per heavy atom. The summed E-state index contributed by atoms with van der Waals surface area (Å²) in [6.45, 7) is 3.69. The summed E-state index contributed by atoms with van der Waals surface area (Å²) in [6.07, 6.45) is -1.53. The van der Waals surface area contributed by atoms with Crippen LogP contribution in [0.5, 0.6) is 0 Å². The predicted octanol–water partition coefficient (Wildman–Crippen LogP) is 2.54. The van der Waals surface area contributed by atoms with Crippen molar-refractivity contribution in [3.05, 3.63) is 35.1 Å². The Kier molecular flexibility index (Phi) is 4.96. The highest BCUT2D eigenvalue weighted by atomic mass is 19.3. The minimum absolute atomic E-state index is 0.0122. The summed E-state index contributed by atoms with van der Waals surface area (Å²) in [5.74, 6) is -1.56. The van der Waals surface area contributed by atoms with E-state index in [0.717, 1.165) is 25.0 Å². The SMILES string of the molecule is CC1NC(=O)CC(C(=O)N[C@@H](c2ccc(C(F)F)c(F)c2)C2(C)CC2)N1. The highest BCUT2D eigenvalue weighted by molar-refractivity contribution is 5.89. The molecular weight excluding hydrogens is 347 g/mol. The minimum Gasteiger partial charge on any atom is -0.347 e. The molecule has 2 aliphatic rings. The highest BCUT2D eigenvalue weighted by Gasteiger charge is 2.47. The first kappa shape index (κ1) is 18.7. The van der Waals surface area contributed by atoms with Crippen LogP contribution in [-0.4, -0.2) is 24.0 Å². The Hall–Kier alpha value is -2.09. The van der Waals surface area contributed by atoms with Gasteiger partial charge < -0.3 is 10.6 Å². The Bertz CT molecular complexity index is 722. The van der Waals surface area contributed by atoms with Crippen LogP contribution in [0.2, 0.25) is 0 Å². The van der Waals surface area contributed by atoms with E-state index in [1.165, 1.54) is 6.07 Å². The van der Waals surface area contributed by atoms with Crippen molar-refractivity contribution in [2.45, 2.75) is 57.8 Å². The van der Waals surface area contributed by atoms with E-state index in [4.69, 9.17) is 0 Å². The first-order valence-corrected chi connectivity index (χ1v) is 8.63. The second kappa shape index (κ2) is 6.90. The van der Waals surface area contributed by atoms with Gasteiger partial charge in [-0.1, -0.05) is 19.1 Å². The molecule has 1 aliphatic carbocycles. The van der Waals surface area contributed by atoms with Gasteiger partial charge in [-0.05, 0) is 36.8 Å². The molecule has 5 nitrogen and oxygen atoms in total. The summed E-state index contributed by atoms with van der Waals surface area (Å²) < 4.78 is 39.6. The van der Waals surface area contributed by atoms with Crippen LogP contribution < -0.4 is 16.0 Å². The van der Waals surface area contributed by atoms with E-state index >= 15 is 0 Å². The number of hydrogen-bond donors (Lipinski definition) is 3. The van der Waals surface area contributed by atoms with Crippen LogP contribution in [0.4, 0.5) is 13.2 Å². The fraction of sp³-hybridized carbons (Fsp3) is 0.556. The van der Waals surface area contributed by atoms with Crippen LogP contribution in [-0.2, 0) is 9.59 Å². The summed E-state index contributed by atoms with van der Waals surface area (Å²) >= 11 is 0. The number of carbonyl (C=O) groups is 2. The van der Waals surface area contributed by atoms with Crippen molar-refractivity contribution in [1.82, 2.24) is 16.0 Å². The van der Waals surface area contributed by atoms with Gasteiger partial charge in [0.15, 0.2) is 0 Å². The van der Waals surface area contributed by atoms with Crippen molar-refractivity contribution in [1.29, 1.82) is 0 Å². The van der Waals surface area contributed by atoms with Crippen LogP contribution in [0.15, 0.2) is 18.2 Å². The maximum absolute atomic E-state index is 14.0. The molecule has 0 radical (unpaired) electrons. The van der Waals surface area contributed by atoms with Crippen LogP contribution in [0, 0.1) is 11.2 Å². The number of alkyl halides is 2. The molecule has 0 bridgehead atoms. The lowest BCUT2D eigenvalue weighted by Crippen LogP contribution is -2.60. The number of rotatable bonds is 5. The van der Waals surface area contributed by atoms with Crippen molar-refractivity contribution < 1.29 is 22.8 Å². The van der Waals surface area contributed by atoms with Gasteiger partial charge in [0.1, 0.15) is 5.82 Å². The normalized spacial score (nSPS) is 25.5. The first-order valence-electron chi connectivity index (χ1n) is 8.63. The van der Waals surface area contributed by atoms with E-state index in [2.05, 4.69) is 16.0 Å². The third-order valence-electron chi connectivity index (χ3n) is 5.15. The molecule has 3 atom stereocenters. The molecule has 2 amide bonds. The average Bonchev–Trinajstić information content (AvgIpc) is 3.29. The topological polar surface area (TPSA) is 70.2 Å². The van der Waals surface area contributed by atoms with Gasteiger partial charge in [-0.25, -0.2) is 13.2 Å². The van der Waals surface area contributed by atoms with Gasteiger partial charge in [0.25, 0.3) is 6.43 Å². The molecule has 1 aromatic rings. The van der Waals surface area contributed by atoms with E-state index < -0.39 is 29.9 Å². The van der Waals surface area contributed by atoms with E-state index in [1.54, 1.807) is 6.92 Å². The molecule has 142 valence electrons. The zero-order valence-corrected chi connectivity index (χ0v) is 14.6. The maximum Gasteiger partial charge on any atom is 0.266 e. The van der Waals surface area contributed by atoms with Gasteiger partial charge in [0.05, 0.1) is 30.2 Å². The quantitative estimate of drug-likeness (QED) is 0.747. The molecule has 2 fully saturated rings. The number of benzene rings is 1. The van der Waals surface area contributed by atoms with Crippen LogP contribution >= 0.6 is 0 Å². The van der Waals surface area contributed by atoms with Gasteiger partial charge in [0, 0.05) is 0 Å². The molecule has 1 aliphatic heterocycles. The Morgan fingerprint density at radius 2 is 2.04 bits per heavy atom. The fourth-order valence-electron chi connectivity index (χ4n) is 3.35. The van der Waals surface area contributed by atoms with Crippen molar-refractivity contribution in [3.63, 3.8) is 0 Å². The van der Waals surface area contributed by atoms with E-state index in [0.29, 0.717) is 5.56 Å². The van der Waals surface area contributed by atoms with E-state index in [9.17, 15) is 22.8 Å². The molecule has 2 unspecified atom stereocenters. The number of amides is 2. The van der Waals surface area contributed by atoms with E-state index in [-0.39, 0.29) is 29.8 Å². The molecule has 26 heavy (non-hydrogen) atoms. The summed E-state index contributed by atoms with van der Waals surface area (Å²) in [6, 6.07) is 2.38. The highest BCUT2D eigenvalue weighted by Crippen LogP contribution is 2.54. The van der Waals surface area contributed by atoms with Crippen molar-refractivity contribution in [3.8, 4) is 0 Å². The molecule has 8 heteroatoms. The van der Waals surface area contributed by atoms with Crippen LogP contribution in [0.1, 0.15) is 56.7 Å². The van der Waals surface area contributed by atoms with E-state index in [1.807, 2.05) is 6.92 Å². The third kappa shape index (κ3) is 3.85. The zero-order valence-electron chi connectivity index (χ0n) is 14.6. The second-order valence-corrected chi connectivity index (χ2v) is 7.39. The standard InChI is InChI=1S/C18H22F3N3O2/c1-9-22-13(8-14(25)23-9)17(26)24-15(18(2)5-6-18)10-3-4-11(16(20)21)12(19)7-10/h3-4,7,9,13,15-16,22H,5-6,8H2,1-2H3,(H,23,25)(H,24,26)/t9?,13?,15-/m0/s1. The van der Waals surface area contributed by atoms with Crippen molar-refractivity contribution >= 4 is 11.8 Å². The van der Waals surface area contributed by atoms with Gasteiger partial charge in [0.2, 0.25) is 11.8 Å². The third-order valence-corrected chi connectivity index (χ3v) is 5.15. The fourth-order valence-corrected chi connectivity index (χ4v) is 3.35. The number of carbonyl (C=O) groups excluding carboxylic acids is 2. The average molecular weight is 369 g/mol. The van der Waals surface area contributed by atoms with Gasteiger partial charge in [-0.2, -0.15) is 0 Å². The largest absolute Gasteiger partial charge is 0.347 e. The smallest absolute Gasteiger partial charge is 0.266 e. The van der Waals surface area contributed by atoms with Crippen molar-refractivity contribution in [2.75, 3.05) is 0 Å². The molecule has 1 saturated carbocycles. The Morgan fingerprint density at radius 1 is 1.35 bits per heavy atom. The predicted molar refractivity (Wildman–Crippen MR) is 88.7 cm³/mol. The molecule has 0 aromatic heterocycles. The number of nitrogens with one attached hydrogen (secondary N) is 3. The molecule has 3 N–H and O–H groups in total. The van der Waals surface area contributed by atoms with Crippen LogP contribution in [0.3, 0.4) is 0 Å². The Balaban J connectivity index is 1.80. The van der Waals surface area contributed by atoms with Gasteiger partial charge in [-0.3, -0.25) is 14.9 Å². The number of halogens is 3. The molecule has 1 aromatic carbocycles. The Labute approximate surface area is 149 Å². The lowest BCUT2D eigenvalue weighted by atomic mass is 9.90. The molecular formula is C18H22F3N3O2. The van der Waals surface area contributed by atoms with Crippen molar-refractivity contribution in [2.24, 2.45) is 5.41 Å². The zero-order chi connectivity index (χ0) is 19.1. The van der Waals surface area contributed by atoms with Gasteiger partial charge >= 0.3 is 0 Å². The lowest BCUT2D eigenvalue weighted by molar-refractivity contribution is -0.132. The molecule has 1 heterocycles. The molecule has 3 rings (SSSR count). The minimum atomic E-state index is -2.89. The summed E-state index contributed by atoms with van der Waals surface area (Å²) in [7, 11) is 0. The number of hydrogen-bond acceptors (Lipinski definition) is 3. The first-order chi connectivity index (χ1) is 12.2. The second-order valence-electron chi connectivity index (χ2n) is 7.39. The maximum atomic E-state index is 14.0. The summed E-state index contributed by atoms with van der Waals surface area (Å²) in [5.41, 5.74) is -0.454. The molecule has 0 spiro atoms. The summed E-state index contributed by atoms with van der Waals surface area (Å²) in [4.78, 5) is 24.3. The summed E-state index contributed by atoms with van der Waals surface area (Å²) in [5, 5.41) is 8.55. The van der Waals surface area contributed by atoms with Crippen LogP contribution in [0.25, 0.3) is 0 Å².